The molecule has 2 aromatic carbocycles. The van der Waals surface area contributed by atoms with Crippen LogP contribution in [0.1, 0.15) is 39.8 Å². The quantitative estimate of drug-likeness (QED) is 0.262. The van der Waals surface area contributed by atoms with Crippen molar-refractivity contribution in [2.24, 2.45) is 0 Å². The molecule has 4 amide bonds. The van der Waals surface area contributed by atoms with Gasteiger partial charge in [0.05, 0.1) is 36.2 Å². The molecule has 202 valence electrons. The molecule has 0 saturated heterocycles. The molecule has 3 aromatic rings. The Bertz CT molecular complexity index is 1530. The topological polar surface area (TPSA) is 148 Å². The van der Waals surface area contributed by atoms with E-state index in [9.17, 15) is 23.6 Å². The molecule has 1 aliphatic rings. The number of aromatic amines is 1. The minimum atomic E-state index is -0.935. The van der Waals surface area contributed by atoms with Crippen LogP contribution in [-0.4, -0.2) is 42.7 Å². The maximum Gasteiger partial charge on any atom is 0.513 e. The number of H-pyrrole nitrogens is 1. The molecule has 0 atom stereocenters. The average Bonchev–Trinajstić information content (AvgIpc) is 3.33. The second-order valence-electron chi connectivity index (χ2n) is 8.43. The van der Waals surface area contributed by atoms with Crippen molar-refractivity contribution in [3.63, 3.8) is 0 Å². The van der Waals surface area contributed by atoms with Crippen molar-refractivity contribution < 1.29 is 37.8 Å². The molecule has 0 unspecified atom stereocenters. The Balaban J connectivity index is 1.49. The lowest BCUT2D eigenvalue weighted by atomic mass is 10.0. The molecule has 0 bridgehead atoms. The third kappa shape index (κ3) is 5.74. The predicted octanol–water partition coefficient (Wildman–Crippen LogP) is 4.77. The maximum atomic E-state index is 14.1. The third-order valence-electron chi connectivity index (χ3n) is 5.85. The van der Waals surface area contributed by atoms with Crippen molar-refractivity contribution in [1.82, 2.24) is 10.3 Å². The molecular formula is C27H25FN4O7. The molecule has 11 nitrogen and oxygen atoms in total. The molecule has 0 saturated carbocycles. The van der Waals surface area contributed by atoms with Crippen molar-refractivity contribution >= 4 is 47.0 Å². The smallest absolute Gasteiger partial charge is 0.497 e. The number of benzene rings is 2. The van der Waals surface area contributed by atoms with Gasteiger partial charge in [0, 0.05) is 28.6 Å². The first kappa shape index (κ1) is 26.9. The zero-order chi connectivity index (χ0) is 28.3. The Morgan fingerprint density at radius 3 is 2.56 bits per heavy atom. The minimum Gasteiger partial charge on any atom is -0.497 e. The molecule has 0 radical (unpaired) electrons. The number of amides is 4. The largest absolute Gasteiger partial charge is 0.513 e. The van der Waals surface area contributed by atoms with Gasteiger partial charge in [-0.3, -0.25) is 14.9 Å². The van der Waals surface area contributed by atoms with E-state index in [4.69, 9.17) is 14.2 Å². The van der Waals surface area contributed by atoms with Crippen LogP contribution in [0.2, 0.25) is 0 Å². The number of urea groups is 1. The van der Waals surface area contributed by atoms with Crippen molar-refractivity contribution in [2.75, 3.05) is 24.4 Å². The van der Waals surface area contributed by atoms with Gasteiger partial charge in [-0.2, -0.15) is 0 Å². The molecule has 4 N–H and O–H groups in total. The fourth-order valence-corrected chi connectivity index (χ4v) is 3.98. The molecule has 2 heterocycles. The average molecular weight is 537 g/mol. The Morgan fingerprint density at radius 2 is 1.87 bits per heavy atom. The summed E-state index contributed by atoms with van der Waals surface area (Å²) < 4.78 is 29.1. The van der Waals surface area contributed by atoms with Crippen molar-refractivity contribution in [1.29, 1.82) is 0 Å². The molecule has 12 heteroatoms. The van der Waals surface area contributed by atoms with Crippen LogP contribution in [0.4, 0.5) is 25.4 Å². The van der Waals surface area contributed by atoms with Crippen LogP contribution in [0.15, 0.2) is 36.4 Å². The van der Waals surface area contributed by atoms with Gasteiger partial charge in [0.1, 0.15) is 11.6 Å². The van der Waals surface area contributed by atoms with Crippen LogP contribution in [0.5, 0.6) is 11.5 Å². The van der Waals surface area contributed by atoms with Crippen molar-refractivity contribution in [2.45, 2.75) is 20.8 Å². The Morgan fingerprint density at radius 1 is 1.10 bits per heavy atom. The highest BCUT2D eigenvalue weighted by molar-refractivity contribution is 6.35. The van der Waals surface area contributed by atoms with Crippen LogP contribution in [0.3, 0.4) is 0 Å². The van der Waals surface area contributed by atoms with E-state index in [1.54, 1.807) is 39.0 Å². The standard InChI is InChI=1S/C27H25FN4O7/c1-5-38-27(36)39-23-13(2)21(29-14(23)3)12-19-17-8-6-15(10-22(17)31-25(19)34)30-26(35)32-24(33)18-9-7-16(37-4)11-20(18)28/h6-12,29H,5H2,1-4H3,(H,31,34)(H2,30,32,33,35)/b19-12-. The van der Waals surface area contributed by atoms with E-state index < -0.39 is 23.9 Å². The number of carbonyl (C=O) groups is 4. The summed E-state index contributed by atoms with van der Waals surface area (Å²) in [7, 11) is 1.36. The molecule has 0 spiro atoms. The number of anilines is 2. The number of fused-ring (bicyclic) bond motifs is 1. The van der Waals surface area contributed by atoms with Crippen LogP contribution in [0.25, 0.3) is 11.6 Å². The summed E-state index contributed by atoms with van der Waals surface area (Å²) in [6, 6.07) is 7.44. The van der Waals surface area contributed by atoms with Crippen LogP contribution >= 0.6 is 0 Å². The number of carbonyl (C=O) groups excluding carboxylic acids is 4. The number of methoxy groups -OCH3 is 1. The Hall–Kier alpha value is -5.13. The van der Waals surface area contributed by atoms with Crippen LogP contribution < -0.4 is 25.4 Å². The number of rotatable bonds is 6. The monoisotopic (exact) mass is 536 g/mol. The van der Waals surface area contributed by atoms with Gasteiger partial charge < -0.3 is 29.8 Å². The lowest BCUT2D eigenvalue weighted by Gasteiger charge is -2.09. The predicted molar refractivity (Wildman–Crippen MR) is 140 cm³/mol. The summed E-state index contributed by atoms with van der Waals surface area (Å²) in [6.07, 6.45) is 0.800. The second kappa shape index (κ2) is 11.1. The number of hydrogen-bond donors (Lipinski definition) is 4. The summed E-state index contributed by atoms with van der Waals surface area (Å²) in [5, 5.41) is 7.28. The SMILES string of the molecule is CCOC(=O)Oc1c(C)[nH]c(/C=C2\C(=O)Nc3cc(NC(=O)NC(=O)c4ccc(OC)cc4F)ccc32)c1C. The summed E-state index contributed by atoms with van der Waals surface area (Å²) in [6.45, 7) is 5.30. The van der Waals surface area contributed by atoms with E-state index in [0.29, 0.717) is 39.5 Å². The highest BCUT2D eigenvalue weighted by Crippen LogP contribution is 2.37. The molecular weight excluding hydrogens is 511 g/mol. The van der Waals surface area contributed by atoms with Crippen LogP contribution in [-0.2, 0) is 9.53 Å². The number of hydrogen-bond acceptors (Lipinski definition) is 7. The van der Waals surface area contributed by atoms with Crippen LogP contribution in [0, 0.1) is 19.7 Å². The minimum absolute atomic E-state index is 0.172. The van der Waals surface area contributed by atoms with E-state index >= 15 is 0 Å². The van der Waals surface area contributed by atoms with Gasteiger partial charge in [-0.25, -0.2) is 14.0 Å². The van der Waals surface area contributed by atoms with Gasteiger partial charge in [-0.05, 0) is 51.1 Å². The number of imide groups is 1. The molecule has 4 rings (SSSR count). The van der Waals surface area contributed by atoms with E-state index in [1.165, 1.54) is 25.3 Å². The number of ether oxygens (including phenoxy) is 3. The molecule has 39 heavy (non-hydrogen) atoms. The van der Waals surface area contributed by atoms with Crippen molar-refractivity contribution in [3.8, 4) is 11.5 Å². The van der Waals surface area contributed by atoms with Gasteiger partial charge in [0.15, 0.2) is 5.75 Å². The summed E-state index contributed by atoms with van der Waals surface area (Å²) in [5.74, 6) is -1.61. The summed E-state index contributed by atoms with van der Waals surface area (Å²) >= 11 is 0. The molecule has 0 aliphatic carbocycles. The molecule has 0 fully saturated rings. The first-order chi connectivity index (χ1) is 18.6. The Kier molecular flexibility index (Phi) is 7.65. The number of aromatic nitrogens is 1. The Labute approximate surface area is 222 Å². The molecule has 1 aromatic heterocycles. The van der Waals surface area contributed by atoms with E-state index in [-0.39, 0.29) is 29.5 Å². The van der Waals surface area contributed by atoms with E-state index in [0.717, 1.165) is 6.07 Å². The fourth-order valence-electron chi connectivity index (χ4n) is 3.98. The van der Waals surface area contributed by atoms with Crippen molar-refractivity contribution in [3.05, 3.63) is 70.3 Å². The van der Waals surface area contributed by atoms with Gasteiger partial charge in [0.25, 0.3) is 11.8 Å². The number of aryl methyl sites for hydroxylation is 1. The van der Waals surface area contributed by atoms with E-state index in [2.05, 4.69) is 20.9 Å². The summed E-state index contributed by atoms with van der Waals surface area (Å²) in [4.78, 5) is 52.2. The fraction of sp³-hybridized carbons (Fsp3) is 0.185. The lowest BCUT2D eigenvalue weighted by Crippen LogP contribution is -2.34. The van der Waals surface area contributed by atoms with Gasteiger partial charge in [-0.15, -0.1) is 0 Å². The van der Waals surface area contributed by atoms with Gasteiger partial charge >= 0.3 is 12.2 Å². The number of nitrogens with one attached hydrogen (secondary N) is 4. The second-order valence-corrected chi connectivity index (χ2v) is 8.43. The number of halogens is 1. The third-order valence-corrected chi connectivity index (χ3v) is 5.85. The normalized spacial score (nSPS) is 12.9. The first-order valence-electron chi connectivity index (χ1n) is 11.8. The summed E-state index contributed by atoms with van der Waals surface area (Å²) in [5.41, 5.74) is 3.07. The first-order valence-corrected chi connectivity index (χ1v) is 11.8. The highest BCUT2D eigenvalue weighted by atomic mass is 19.1. The molecule has 1 aliphatic heterocycles. The maximum absolute atomic E-state index is 14.1. The van der Waals surface area contributed by atoms with Gasteiger partial charge in [0.2, 0.25) is 0 Å². The lowest BCUT2D eigenvalue weighted by molar-refractivity contribution is -0.110. The highest BCUT2D eigenvalue weighted by Gasteiger charge is 2.26. The zero-order valence-electron chi connectivity index (χ0n) is 21.5. The van der Waals surface area contributed by atoms with Gasteiger partial charge in [-0.1, -0.05) is 6.07 Å². The zero-order valence-corrected chi connectivity index (χ0v) is 21.5. The van der Waals surface area contributed by atoms with E-state index in [1.807, 2.05) is 0 Å².